The molecule has 1 aromatic heterocycles. The van der Waals surface area contributed by atoms with Crippen LogP contribution in [0, 0.1) is 0 Å². The number of nitrogens with one attached hydrogen (secondary N) is 3. The molecule has 10 heteroatoms. The summed E-state index contributed by atoms with van der Waals surface area (Å²) in [4.78, 5) is 36.0. The van der Waals surface area contributed by atoms with E-state index >= 15 is 0 Å². The molecule has 0 saturated heterocycles. The fraction of sp³-hybridized carbons (Fsp3) is 0.0909. The quantitative estimate of drug-likeness (QED) is 0.727. The first-order valence-electron chi connectivity index (χ1n) is 5.52. The van der Waals surface area contributed by atoms with E-state index < -0.39 is 11.2 Å². The minimum atomic E-state index is -0.707. The highest BCUT2D eigenvalue weighted by Gasteiger charge is 2.10. The molecule has 0 saturated carbocycles. The molecule has 21 heavy (non-hydrogen) atoms. The predicted octanol–water partition coefficient (Wildman–Crippen LogP) is 1.50. The van der Waals surface area contributed by atoms with Crippen molar-refractivity contribution >= 4 is 46.6 Å². The molecule has 0 atom stereocenters. The number of nitrogens with zero attached hydrogens (tertiary/aromatic N) is 1. The third-order valence-electron chi connectivity index (χ3n) is 2.23. The van der Waals surface area contributed by atoms with Crippen LogP contribution in [0.2, 0.25) is 10.0 Å². The third kappa shape index (κ3) is 4.35. The summed E-state index contributed by atoms with van der Waals surface area (Å²) in [5, 5.41) is 8.95. The van der Waals surface area contributed by atoms with Crippen LogP contribution in [-0.4, -0.2) is 26.8 Å². The summed E-state index contributed by atoms with van der Waals surface area (Å²) >= 11 is 12.6. The average Bonchev–Trinajstić information content (AvgIpc) is 2.41. The van der Waals surface area contributed by atoms with Gasteiger partial charge in [-0.3, -0.25) is 14.6 Å². The maximum Gasteiger partial charge on any atom is 0.342 e. The van der Waals surface area contributed by atoms with Gasteiger partial charge in [-0.2, -0.15) is 5.10 Å². The van der Waals surface area contributed by atoms with Crippen molar-refractivity contribution in [3.8, 4) is 0 Å². The van der Waals surface area contributed by atoms with Crippen LogP contribution in [0.5, 0.6) is 0 Å². The molecule has 2 aromatic rings. The number of halogens is 2. The van der Waals surface area contributed by atoms with E-state index in [4.69, 9.17) is 23.2 Å². The monoisotopic (exact) mass is 346 g/mol. The Bertz CT molecular complexity index is 790. The van der Waals surface area contributed by atoms with Crippen molar-refractivity contribution in [3.05, 3.63) is 49.1 Å². The molecule has 2 rings (SSSR count). The topological polar surface area (TPSA) is 108 Å². The molecule has 0 spiro atoms. The summed E-state index contributed by atoms with van der Waals surface area (Å²) in [5.41, 5.74) is -0.946. The van der Waals surface area contributed by atoms with Gasteiger partial charge in [-0.15, -0.1) is 0 Å². The van der Waals surface area contributed by atoms with Gasteiger partial charge in [0.05, 0.1) is 16.5 Å². The fourth-order valence-electron chi connectivity index (χ4n) is 1.35. The van der Waals surface area contributed by atoms with Crippen LogP contribution in [0.3, 0.4) is 0 Å². The van der Waals surface area contributed by atoms with Gasteiger partial charge in [0.25, 0.3) is 5.56 Å². The van der Waals surface area contributed by atoms with Crippen molar-refractivity contribution in [3.63, 3.8) is 0 Å². The molecule has 0 aliphatic heterocycles. The van der Waals surface area contributed by atoms with Crippen LogP contribution in [0.4, 0.5) is 5.69 Å². The predicted molar refractivity (Wildman–Crippen MR) is 81.3 cm³/mol. The number of aromatic nitrogens is 3. The van der Waals surface area contributed by atoms with Gasteiger partial charge in [0.1, 0.15) is 0 Å². The lowest BCUT2D eigenvalue weighted by atomic mass is 10.3. The Balaban J connectivity index is 1.99. The van der Waals surface area contributed by atoms with Crippen LogP contribution in [0.1, 0.15) is 0 Å². The van der Waals surface area contributed by atoms with Gasteiger partial charge in [-0.05, 0) is 18.2 Å². The second kappa shape index (κ2) is 6.79. The maximum absolute atomic E-state index is 11.8. The third-order valence-corrected chi connectivity index (χ3v) is 3.73. The number of aromatic amines is 2. The molecule has 0 bridgehead atoms. The van der Waals surface area contributed by atoms with E-state index in [1.54, 1.807) is 12.1 Å². The van der Waals surface area contributed by atoms with Crippen LogP contribution in [0.25, 0.3) is 0 Å². The maximum atomic E-state index is 11.8. The van der Waals surface area contributed by atoms with E-state index in [0.717, 1.165) is 11.8 Å². The lowest BCUT2D eigenvalue weighted by Gasteiger charge is -2.06. The minimum Gasteiger partial charge on any atom is -0.324 e. The average molecular weight is 347 g/mol. The van der Waals surface area contributed by atoms with Crippen molar-refractivity contribution in [2.45, 2.75) is 5.03 Å². The summed E-state index contributed by atoms with van der Waals surface area (Å²) in [6, 6.07) is 4.66. The van der Waals surface area contributed by atoms with E-state index in [0.29, 0.717) is 15.7 Å². The van der Waals surface area contributed by atoms with Gasteiger partial charge < -0.3 is 5.32 Å². The molecule has 0 unspecified atom stereocenters. The standard InChI is InChI=1S/C11H8Cl2N4O3S/c12-5-1-2-7(6(13)3-5)14-8(18)4-21-10-9(19)15-11(20)17-16-10/h1-3H,4H2,(H,14,18)(H2,15,17,19,20). The number of hydrogen-bond acceptors (Lipinski definition) is 5. The molecule has 3 N–H and O–H groups in total. The number of anilines is 1. The van der Waals surface area contributed by atoms with Gasteiger partial charge in [-0.1, -0.05) is 35.0 Å². The van der Waals surface area contributed by atoms with Gasteiger partial charge in [-0.25, -0.2) is 9.89 Å². The number of thioether (sulfide) groups is 1. The molecule has 1 heterocycles. The lowest BCUT2D eigenvalue weighted by Crippen LogP contribution is -2.25. The lowest BCUT2D eigenvalue weighted by molar-refractivity contribution is -0.113. The Morgan fingerprint density at radius 3 is 2.76 bits per heavy atom. The Morgan fingerprint density at radius 1 is 1.33 bits per heavy atom. The normalized spacial score (nSPS) is 10.4. The van der Waals surface area contributed by atoms with Gasteiger partial charge in [0, 0.05) is 5.02 Å². The molecular formula is C11H8Cl2N4O3S. The van der Waals surface area contributed by atoms with Crippen LogP contribution in [0.15, 0.2) is 32.8 Å². The zero-order chi connectivity index (χ0) is 15.4. The van der Waals surface area contributed by atoms with E-state index in [-0.39, 0.29) is 16.7 Å². The van der Waals surface area contributed by atoms with Crippen LogP contribution >= 0.6 is 35.0 Å². The molecule has 0 fully saturated rings. The number of carbonyl (C=O) groups is 1. The highest BCUT2D eigenvalue weighted by atomic mass is 35.5. The number of rotatable bonds is 4. The van der Waals surface area contributed by atoms with Gasteiger partial charge in [0.15, 0.2) is 5.03 Å². The van der Waals surface area contributed by atoms with Gasteiger partial charge in [0.2, 0.25) is 5.91 Å². The van der Waals surface area contributed by atoms with Crippen LogP contribution < -0.4 is 16.6 Å². The number of H-pyrrole nitrogens is 2. The number of hydrogen-bond donors (Lipinski definition) is 3. The van der Waals surface area contributed by atoms with Crippen molar-refractivity contribution in [1.29, 1.82) is 0 Å². The Labute approximate surface area is 132 Å². The zero-order valence-corrected chi connectivity index (χ0v) is 12.6. The summed E-state index contributed by atoms with van der Waals surface area (Å²) in [5.74, 6) is -0.447. The molecule has 0 radical (unpaired) electrons. The SMILES string of the molecule is O=C(CSc1n[nH]c(=O)[nH]c1=O)Nc1ccc(Cl)cc1Cl. The molecular weight excluding hydrogens is 339 g/mol. The van der Waals surface area contributed by atoms with Crippen molar-refractivity contribution < 1.29 is 4.79 Å². The van der Waals surface area contributed by atoms with E-state index in [2.05, 4.69) is 15.5 Å². The molecule has 0 aliphatic carbocycles. The Morgan fingerprint density at radius 2 is 2.10 bits per heavy atom. The van der Waals surface area contributed by atoms with Crippen molar-refractivity contribution in [2.24, 2.45) is 0 Å². The molecule has 0 aliphatic rings. The molecule has 1 aromatic carbocycles. The minimum absolute atomic E-state index is 0.00745. The first-order valence-corrected chi connectivity index (χ1v) is 7.26. The van der Waals surface area contributed by atoms with Crippen molar-refractivity contribution in [1.82, 2.24) is 15.2 Å². The van der Waals surface area contributed by atoms with E-state index in [9.17, 15) is 14.4 Å². The van der Waals surface area contributed by atoms with E-state index in [1.165, 1.54) is 6.07 Å². The second-order valence-corrected chi connectivity index (χ2v) is 5.58. The fourth-order valence-corrected chi connectivity index (χ4v) is 2.43. The highest BCUT2D eigenvalue weighted by molar-refractivity contribution is 7.99. The molecule has 7 nitrogen and oxygen atoms in total. The van der Waals surface area contributed by atoms with E-state index in [1.807, 2.05) is 4.98 Å². The highest BCUT2D eigenvalue weighted by Crippen LogP contribution is 2.25. The largest absolute Gasteiger partial charge is 0.342 e. The summed E-state index contributed by atoms with van der Waals surface area (Å²) in [7, 11) is 0. The summed E-state index contributed by atoms with van der Waals surface area (Å²) in [6.07, 6.45) is 0. The van der Waals surface area contributed by atoms with Crippen molar-refractivity contribution in [2.75, 3.05) is 11.1 Å². The number of benzene rings is 1. The zero-order valence-electron chi connectivity index (χ0n) is 10.3. The Hall–Kier alpha value is -1.77. The first kappa shape index (κ1) is 15.6. The summed E-state index contributed by atoms with van der Waals surface area (Å²) in [6.45, 7) is 0. The summed E-state index contributed by atoms with van der Waals surface area (Å²) < 4.78 is 0. The second-order valence-electron chi connectivity index (χ2n) is 3.77. The molecule has 1 amide bonds. The molecule has 110 valence electrons. The first-order chi connectivity index (χ1) is 9.95. The van der Waals surface area contributed by atoms with Gasteiger partial charge >= 0.3 is 5.69 Å². The smallest absolute Gasteiger partial charge is 0.324 e. The number of amides is 1. The van der Waals surface area contributed by atoms with Crippen LogP contribution in [-0.2, 0) is 4.79 Å². The Kier molecular flexibility index (Phi) is 5.05. The number of carbonyl (C=O) groups excluding carboxylic acids is 1.